The lowest BCUT2D eigenvalue weighted by Crippen LogP contribution is -2.52. The first-order chi connectivity index (χ1) is 28.7. The van der Waals surface area contributed by atoms with Crippen molar-refractivity contribution in [2.24, 2.45) is 11.8 Å². The molecule has 6 atom stereocenters. The van der Waals surface area contributed by atoms with E-state index in [4.69, 9.17) is 19.4 Å². The van der Waals surface area contributed by atoms with E-state index in [1.165, 1.54) is 23.6 Å². The molecule has 4 aromatic heterocycles. The van der Waals surface area contributed by atoms with Crippen molar-refractivity contribution in [1.82, 2.24) is 40.4 Å². The van der Waals surface area contributed by atoms with Crippen LogP contribution in [0.15, 0.2) is 48.5 Å². The Hall–Kier alpha value is -5.48. The Labute approximate surface area is 356 Å². The molecule has 16 heteroatoms. The predicted octanol–water partition coefficient (Wildman–Crippen LogP) is 8.91. The summed E-state index contributed by atoms with van der Waals surface area (Å²) in [6.07, 6.45) is 1.98. The fourth-order valence-electron chi connectivity index (χ4n) is 8.76. The first kappa shape index (κ1) is 41.3. The molecule has 1 unspecified atom stereocenters. The maximum atomic E-state index is 13.9. The van der Waals surface area contributed by atoms with E-state index in [1.807, 2.05) is 51.3 Å². The molecule has 0 radical (unpaired) electrons. The van der Waals surface area contributed by atoms with Crippen molar-refractivity contribution in [3.05, 3.63) is 60.2 Å². The molecule has 0 bridgehead atoms. The van der Waals surface area contributed by atoms with Gasteiger partial charge in [0.1, 0.15) is 23.7 Å². The fourth-order valence-corrected chi connectivity index (χ4v) is 11.1. The minimum atomic E-state index is -0.704. The molecule has 6 aromatic rings. The van der Waals surface area contributed by atoms with Crippen molar-refractivity contribution in [2.45, 2.75) is 103 Å². The van der Waals surface area contributed by atoms with Crippen LogP contribution in [0.2, 0.25) is 0 Å². The SMILES string of the molecule is COC(=O)N[C@H](C(=O)N1C(c2nc3cc(-c4cc5sc(-c6ccc7[nH]c([C@@H]8CC[C@H](C)N8C(=O)[C@@H](NC(=O)OC)C(C)C)nc7c6)cc5s4)ccc3[nH]2)CC[C@@H]1C)C(C)C. The molecule has 4 amide bonds. The summed E-state index contributed by atoms with van der Waals surface area (Å²) < 4.78 is 12.0. The molecular weight excluding hydrogens is 801 g/mol. The third-order valence-corrected chi connectivity index (χ3v) is 14.4. The van der Waals surface area contributed by atoms with Gasteiger partial charge in [0.05, 0.1) is 48.4 Å². The molecule has 0 saturated carbocycles. The third-order valence-electron chi connectivity index (χ3n) is 12.0. The summed E-state index contributed by atoms with van der Waals surface area (Å²) in [6.45, 7) is 11.7. The van der Waals surface area contributed by atoms with Crippen LogP contribution in [0.25, 0.3) is 52.3 Å². The molecule has 316 valence electrons. The van der Waals surface area contributed by atoms with E-state index in [2.05, 4.69) is 69.1 Å². The van der Waals surface area contributed by atoms with Crippen molar-refractivity contribution in [2.75, 3.05) is 14.2 Å². The second kappa shape index (κ2) is 16.5. The molecule has 2 saturated heterocycles. The Morgan fingerprint density at radius 1 is 0.650 bits per heavy atom. The second-order valence-electron chi connectivity index (χ2n) is 16.7. The highest BCUT2D eigenvalue weighted by molar-refractivity contribution is 7.31. The highest BCUT2D eigenvalue weighted by atomic mass is 32.1. The molecule has 0 aliphatic carbocycles. The van der Waals surface area contributed by atoms with Crippen molar-refractivity contribution >= 4 is 78.1 Å². The normalized spacial score (nSPS) is 20.4. The van der Waals surface area contributed by atoms with E-state index in [-0.39, 0.29) is 47.8 Å². The number of amides is 4. The van der Waals surface area contributed by atoms with E-state index in [0.717, 1.165) is 80.3 Å². The monoisotopic (exact) mass is 852 g/mol. The van der Waals surface area contributed by atoms with Crippen LogP contribution in [-0.4, -0.2) is 92.1 Å². The number of likely N-dealkylation sites (tertiary alicyclic amines) is 2. The number of hydrogen-bond donors (Lipinski definition) is 4. The van der Waals surface area contributed by atoms with Gasteiger partial charge in [-0.2, -0.15) is 0 Å². The van der Waals surface area contributed by atoms with Gasteiger partial charge in [-0.3, -0.25) is 9.59 Å². The highest BCUT2D eigenvalue weighted by Crippen LogP contribution is 2.44. The Morgan fingerprint density at radius 2 is 1.05 bits per heavy atom. The molecule has 6 heterocycles. The number of alkyl carbamates (subject to hydrolysis) is 2. The maximum absolute atomic E-state index is 13.9. The number of carbonyl (C=O) groups excluding carboxylic acids is 4. The van der Waals surface area contributed by atoms with Crippen LogP contribution >= 0.6 is 22.7 Å². The highest BCUT2D eigenvalue weighted by Gasteiger charge is 2.42. The first-order valence-electron chi connectivity index (χ1n) is 20.6. The lowest BCUT2D eigenvalue weighted by molar-refractivity contribution is -0.138. The van der Waals surface area contributed by atoms with Crippen LogP contribution in [0.1, 0.15) is 91.0 Å². The molecule has 8 rings (SSSR count). The Bertz CT molecular complexity index is 2390. The summed E-state index contributed by atoms with van der Waals surface area (Å²) in [5.41, 5.74) is 5.63. The molecule has 14 nitrogen and oxygen atoms in total. The lowest BCUT2D eigenvalue weighted by atomic mass is 10.0. The average Bonchev–Trinajstić information content (AvgIpc) is 4.08. The largest absolute Gasteiger partial charge is 0.453 e. The maximum Gasteiger partial charge on any atom is 0.407 e. The Morgan fingerprint density at radius 3 is 1.42 bits per heavy atom. The zero-order valence-corrected chi connectivity index (χ0v) is 36.8. The standard InChI is InChI=1S/C44H52N8O6S2/c1-21(2)37(49-43(55)57-7)41(53)51-23(5)9-15-31(51)39-45-27-13-11-25(17-29(27)47-39)33-19-35-36(59-33)20-34(60-35)26-12-14-28-30(18-26)48-40(46-28)32-16-10-24(6)52(32)42(54)38(22(3)4)50-44(56)58-8/h11-14,17-24,31-32,37-38H,9-10,15-16H2,1-8H3,(H,45,47)(H,46,48)(H,49,55)(H,50,56)/t23-,24-,31-,32?,37-,38-/m0/s1. The molecule has 4 N–H and O–H groups in total. The lowest BCUT2D eigenvalue weighted by Gasteiger charge is -2.32. The van der Waals surface area contributed by atoms with Gasteiger partial charge in [-0.05, 0) is 98.9 Å². The summed E-state index contributed by atoms with van der Waals surface area (Å²) in [5, 5.41) is 5.47. The summed E-state index contributed by atoms with van der Waals surface area (Å²) in [6, 6.07) is 15.1. The van der Waals surface area contributed by atoms with E-state index < -0.39 is 24.3 Å². The number of fused-ring (bicyclic) bond motifs is 3. The minimum Gasteiger partial charge on any atom is -0.453 e. The van der Waals surface area contributed by atoms with Gasteiger partial charge in [0.15, 0.2) is 0 Å². The number of hydrogen-bond acceptors (Lipinski definition) is 10. The van der Waals surface area contributed by atoms with Crippen molar-refractivity contribution < 1.29 is 28.7 Å². The number of rotatable bonds is 10. The number of imidazole rings is 2. The van der Waals surface area contributed by atoms with E-state index in [1.54, 1.807) is 22.7 Å². The Kier molecular flexibility index (Phi) is 11.4. The number of nitrogens with zero attached hydrogens (tertiary/aromatic N) is 4. The molecule has 2 fully saturated rings. The number of thiophene rings is 2. The fraction of sp³-hybridized carbons (Fsp3) is 0.455. The van der Waals surface area contributed by atoms with Crippen molar-refractivity contribution in [1.29, 1.82) is 0 Å². The minimum absolute atomic E-state index is 0.000477. The van der Waals surface area contributed by atoms with Gasteiger partial charge in [0, 0.05) is 31.2 Å². The number of aromatic nitrogens is 4. The molecule has 60 heavy (non-hydrogen) atoms. The van der Waals surface area contributed by atoms with Gasteiger partial charge in [-0.15, -0.1) is 22.7 Å². The number of methoxy groups -OCH3 is 2. The van der Waals surface area contributed by atoms with Crippen LogP contribution in [0.4, 0.5) is 9.59 Å². The average molecular weight is 853 g/mol. The molecule has 2 aliphatic rings. The Balaban J connectivity index is 1.00. The molecule has 2 aromatic carbocycles. The van der Waals surface area contributed by atoms with Crippen LogP contribution < -0.4 is 10.6 Å². The number of carbonyl (C=O) groups is 4. The molecular formula is C44H52N8O6S2. The number of aromatic amines is 2. The zero-order chi connectivity index (χ0) is 42.6. The number of nitrogens with one attached hydrogen (secondary N) is 4. The topological polar surface area (TPSA) is 175 Å². The van der Waals surface area contributed by atoms with Crippen molar-refractivity contribution in [3.8, 4) is 20.9 Å². The second-order valence-corrected chi connectivity index (χ2v) is 18.9. The predicted molar refractivity (Wildman–Crippen MR) is 235 cm³/mol. The van der Waals surface area contributed by atoms with Gasteiger partial charge >= 0.3 is 12.2 Å². The van der Waals surface area contributed by atoms with Crippen molar-refractivity contribution in [3.63, 3.8) is 0 Å². The summed E-state index contributed by atoms with van der Waals surface area (Å²) >= 11 is 3.48. The van der Waals surface area contributed by atoms with E-state index >= 15 is 0 Å². The van der Waals surface area contributed by atoms with Gasteiger partial charge in [-0.25, -0.2) is 19.6 Å². The summed E-state index contributed by atoms with van der Waals surface area (Å²) in [7, 11) is 2.60. The quantitative estimate of drug-likeness (QED) is 0.106. The number of H-pyrrole nitrogens is 2. The van der Waals surface area contributed by atoms with Gasteiger partial charge in [-0.1, -0.05) is 39.8 Å². The smallest absolute Gasteiger partial charge is 0.407 e. The number of ether oxygens (including phenoxy) is 2. The van der Waals surface area contributed by atoms with Crippen LogP contribution in [0, 0.1) is 11.8 Å². The summed E-state index contributed by atoms with van der Waals surface area (Å²) in [4.78, 5) is 75.0. The zero-order valence-electron chi connectivity index (χ0n) is 35.1. The van der Waals surface area contributed by atoms with Gasteiger partial charge in [0.2, 0.25) is 11.8 Å². The third kappa shape index (κ3) is 7.70. The molecule has 2 aliphatic heterocycles. The number of benzene rings is 2. The summed E-state index contributed by atoms with van der Waals surface area (Å²) in [5.74, 6) is 0.987. The van der Waals surface area contributed by atoms with Crippen LogP contribution in [0.5, 0.6) is 0 Å². The van der Waals surface area contributed by atoms with Gasteiger partial charge < -0.3 is 39.9 Å². The van der Waals surface area contributed by atoms with E-state index in [9.17, 15) is 19.2 Å². The first-order valence-corrected chi connectivity index (χ1v) is 22.2. The molecule has 0 spiro atoms. The van der Waals surface area contributed by atoms with Crippen LogP contribution in [0.3, 0.4) is 0 Å². The van der Waals surface area contributed by atoms with E-state index in [0.29, 0.717) is 0 Å². The van der Waals surface area contributed by atoms with Crippen LogP contribution in [-0.2, 0) is 19.1 Å². The van der Waals surface area contributed by atoms with Gasteiger partial charge in [0.25, 0.3) is 0 Å².